The van der Waals surface area contributed by atoms with Crippen molar-refractivity contribution in [1.82, 2.24) is 0 Å². The molecule has 0 spiro atoms. The van der Waals surface area contributed by atoms with Crippen LogP contribution in [0, 0.1) is 0 Å². The third-order valence-electron chi connectivity index (χ3n) is 2.08. The SMILES string of the molecule is CCCOCCOc1ccc(N)cc1S(=O)(=O)O. The number of hydrogen-bond acceptors (Lipinski definition) is 5. The second-order valence-corrected chi connectivity index (χ2v) is 5.03. The number of nitrogens with two attached hydrogens (primary N) is 1. The number of ether oxygens (including phenoxy) is 2. The highest BCUT2D eigenvalue weighted by molar-refractivity contribution is 7.86. The summed E-state index contributed by atoms with van der Waals surface area (Å²) in [5.41, 5.74) is 5.70. The second kappa shape index (κ2) is 6.58. The van der Waals surface area contributed by atoms with Crippen molar-refractivity contribution in [2.75, 3.05) is 25.6 Å². The smallest absolute Gasteiger partial charge is 0.298 e. The van der Waals surface area contributed by atoms with Gasteiger partial charge in [0, 0.05) is 12.3 Å². The summed E-state index contributed by atoms with van der Waals surface area (Å²) in [4.78, 5) is -0.335. The van der Waals surface area contributed by atoms with Gasteiger partial charge in [0.15, 0.2) is 0 Å². The van der Waals surface area contributed by atoms with Gasteiger partial charge in [0.1, 0.15) is 17.3 Å². The molecular weight excluding hydrogens is 258 g/mol. The van der Waals surface area contributed by atoms with Crippen molar-refractivity contribution in [3.8, 4) is 5.75 Å². The van der Waals surface area contributed by atoms with Gasteiger partial charge in [-0.2, -0.15) is 8.42 Å². The van der Waals surface area contributed by atoms with Crippen LogP contribution in [-0.4, -0.2) is 32.8 Å². The molecule has 6 nitrogen and oxygen atoms in total. The van der Waals surface area contributed by atoms with E-state index in [4.69, 9.17) is 19.8 Å². The summed E-state index contributed by atoms with van der Waals surface area (Å²) in [6.07, 6.45) is 0.901. The van der Waals surface area contributed by atoms with Crippen LogP contribution in [-0.2, 0) is 14.9 Å². The minimum absolute atomic E-state index is 0.0619. The summed E-state index contributed by atoms with van der Waals surface area (Å²) < 4.78 is 41.7. The fraction of sp³-hybridized carbons (Fsp3) is 0.455. The Morgan fingerprint density at radius 1 is 1.28 bits per heavy atom. The number of hydrogen-bond donors (Lipinski definition) is 2. The standard InChI is InChI=1S/C11H17NO5S/c1-2-5-16-6-7-17-10-4-3-9(12)8-11(10)18(13,14)15/h3-4,8H,2,5-7,12H2,1H3,(H,13,14,15). The topological polar surface area (TPSA) is 98.9 Å². The monoisotopic (exact) mass is 275 g/mol. The zero-order chi connectivity index (χ0) is 13.6. The van der Waals surface area contributed by atoms with Gasteiger partial charge in [0.2, 0.25) is 0 Å². The average molecular weight is 275 g/mol. The minimum Gasteiger partial charge on any atom is -0.490 e. The van der Waals surface area contributed by atoms with Crippen LogP contribution < -0.4 is 10.5 Å². The fourth-order valence-electron chi connectivity index (χ4n) is 1.30. The van der Waals surface area contributed by atoms with Crippen LogP contribution in [0.2, 0.25) is 0 Å². The number of benzene rings is 1. The van der Waals surface area contributed by atoms with Crippen LogP contribution in [0.5, 0.6) is 5.75 Å². The Hall–Kier alpha value is -1.31. The predicted octanol–water partition coefficient (Wildman–Crippen LogP) is 1.32. The molecule has 102 valence electrons. The summed E-state index contributed by atoms with van der Waals surface area (Å²) in [6.45, 7) is 3.16. The first-order chi connectivity index (χ1) is 8.45. The molecule has 0 fully saturated rings. The molecule has 3 N–H and O–H groups in total. The van der Waals surface area contributed by atoms with Crippen molar-refractivity contribution in [2.45, 2.75) is 18.2 Å². The van der Waals surface area contributed by atoms with Gasteiger partial charge in [0.25, 0.3) is 10.1 Å². The molecule has 0 atom stereocenters. The summed E-state index contributed by atoms with van der Waals surface area (Å²) in [5.74, 6) is 0.0619. The maximum absolute atomic E-state index is 11.1. The Morgan fingerprint density at radius 3 is 2.61 bits per heavy atom. The molecule has 1 rings (SSSR count). The molecule has 7 heteroatoms. The Morgan fingerprint density at radius 2 is 2.00 bits per heavy atom. The van der Waals surface area contributed by atoms with Gasteiger partial charge in [-0.3, -0.25) is 4.55 Å². The van der Waals surface area contributed by atoms with Crippen LogP contribution in [0.25, 0.3) is 0 Å². The molecule has 0 aromatic heterocycles. The first kappa shape index (κ1) is 14.7. The van der Waals surface area contributed by atoms with Crippen molar-refractivity contribution in [3.05, 3.63) is 18.2 Å². The van der Waals surface area contributed by atoms with Gasteiger partial charge in [-0.05, 0) is 24.6 Å². The molecule has 0 amide bonds. The zero-order valence-electron chi connectivity index (χ0n) is 10.1. The van der Waals surface area contributed by atoms with E-state index in [2.05, 4.69) is 0 Å². The molecule has 0 bridgehead atoms. The van der Waals surface area contributed by atoms with E-state index in [1.54, 1.807) is 0 Å². The molecule has 0 saturated heterocycles. The molecule has 18 heavy (non-hydrogen) atoms. The molecular formula is C11H17NO5S. The molecule has 0 radical (unpaired) electrons. The van der Waals surface area contributed by atoms with E-state index in [0.29, 0.717) is 13.2 Å². The molecule has 0 aliphatic heterocycles. The lowest BCUT2D eigenvalue weighted by Gasteiger charge is -2.10. The molecule has 0 aliphatic carbocycles. The summed E-state index contributed by atoms with van der Waals surface area (Å²) in [7, 11) is -4.35. The predicted molar refractivity (Wildman–Crippen MR) is 67.3 cm³/mol. The molecule has 1 aromatic carbocycles. The number of nitrogen functional groups attached to an aromatic ring is 1. The molecule has 0 unspecified atom stereocenters. The maximum Gasteiger partial charge on any atom is 0.298 e. The van der Waals surface area contributed by atoms with Crippen molar-refractivity contribution < 1.29 is 22.4 Å². The lowest BCUT2D eigenvalue weighted by molar-refractivity contribution is 0.0995. The Balaban J connectivity index is 2.71. The maximum atomic E-state index is 11.1. The van der Waals surface area contributed by atoms with Gasteiger partial charge >= 0.3 is 0 Å². The Labute approximate surface area is 106 Å². The van der Waals surface area contributed by atoms with Gasteiger partial charge in [-0.1, -0.05) is 6.92 Å². The number of rotatable bonds is 7. The highest BCUT2D eigenvalue weighted by Crippen LogP contribution is 2.25. The van der Waals surface area contributed by atoms with Gasteiger partial charge in [-0.25, -0.2) is 0 Å². The van der Waals surface area contributed by atoms with Crippen molar-refractivity contribution in [3.63, 3.8) is 0 Å². The highest BCUT2D eigenvalue weighted by atomic mass is 32.2. The largest absolute Gasteiger partial charge is 0.490 e. The molecule has 1 aromatic rings. The summed E-state index contributed by atoms with van der Waals surface area (Å²) in [5, 5.41) is 0. The van der Waals surface area contributed by atoms with Gasteiger partial charge < -0.3 is 15.2 Å². The van der Waals surface area contributed by atoms with E-state index in [1.165, 1.54) is 12.1 Å². The van der Waals surface area contributed by atoms with E-state index in [0.717, 1.165) is 12.5 Å². The molecule has 0 aliphatic rings. The molecule has 0 saturated carbocycles. The van der Waals surface area contributed by atoms with Crippen LogP contribution in [0.4, 0.5) is 5.69 Å². The van der Waals surface area contributed by atoms with Crippen LogP contribution >= 0.6 is 0 Å². The summed E-state index contributed by atoms with van der Waals surface area (Å²) in [6, 6.07) is 4.05. The van der Waals surface area contributed by atoms with E-state index in [-0.39, 0.29) is 22.9 Å². The molecule has 0 heterocycles. The first-order valence-electron chi connectivity index (χ1n) is 5.52. The van der Waals surface area contributed by atoms with E-state index >= 15 is 0 Å². The third-order valence-corrected chi connectivity index (χ3v) is 2.95. The van der Waals surface area contributed by atoms with Gasteiger partial charge in [0.05, 0.1) is 6.61 Å². The Bertz CT molecular complexity index is 486. The normalized spacial score (nSPS) is 11.4. The fourth-order valence-corrected chi connectivity index (χ4v) is 1.97. The van der Waals surface area contributed by atoms with Crippen LogP contribution in [0.3, 0.4) is 0 Å². The summed E-state index contributed by atoms with van der Waals surface area (Å²) >= 11 is 0. The second-order valence-electron chi connectivity index (χ2n) is 3.64. The van der Waals surface area contributed by atoms with E-state index in [1.807, 2.05) is 6.92 Å². The quantitative estimate of drug-likeness (QED) is 0.442. The Kier molecular flexibility index (Phi) is 5.39. The van der Waals surface area contributed by atoms with Crippen LogP contribution in [0.1, 0.15) is 13.3 Å². The highest BCUT2D eigenvalue weighted by Gasteiger charge is 2.17. The third kappa shape index (κ3) is 4.52. The van der Waals surface area contributed by atoms with Crippen LogP contribution in [0.15, 0.2) is 23.1 Å². The lowest BCUT2D eigenvalue weighted by atomic mass is 10.3. The minimum atomic E-state index is -4.35. The van der Waals surface area contributed by atoms with E-state index in [9.17, 15) is 8.42 Å². The first-order valence-corrected chi connectivity index (χ1v) is 6.96. The van der Waals surface area contributed by atoms with E-state index < -0.39 is 10.1 Å². The van der Waals surface area contributed by atoms with Crippen molar-refractivity contribution in [2.24, 2.45) is 0 Å². The lowest BCUT2D eigenvalue weighted by Crippen LogP contribution is -2.10. The zero-order valence-corrected chi connectivity index (χ0v) is 10.9. The van der Waals surface area contributed by atoms with Crippen molar-refractivity contribution in [1.29, 1.82) is 0 Å². The van der Waals surface area contributed by atoms with Gasteiger partial charge in [-0.15, -0.1) is 0 Å². The average Bonchev–Trinajstić information content (AvgIpc) is 2.29. The number of anilines is 1. The van der Waals surface area contributed by atoms with Crippen molar-refractivity contribution >= 4 is 15.8 Å².